The summed E-state index contributed by atoms with van der Waals surface area (Å²) in [6.45, 7) is 7.05. The lowest BCUT2D eigenvalue weighted by molar-refractivity contribution is -0.142. The van der Waals surface area contributed by atoms with Crippen molar-refractivity contribution in [3.8, 4) is 0 Å². The fourth-order valence-electron chi connectivity index (χ4n) is 3.31. The highest BCUT2D eigenvalue weighted by Gasteiger charge is 2.38. The van der Waals surface area contributed by atoms with Gasteiger partial charge in [0.15, 0.2) is 0 Å². The van der Waals surface area contributed by atoms with Gasteiger partial charge in [0.1, 0.15) is 6.04 Å². The smallest absolute Gasteiger partial charge is 0.350 e. The predicted molar refractivity (Wildman–Crippen MR) is 108 cm³/mol. The average Bonchev–Trinajstić information content (AvgIpc) is 2.66. The zero-order valence-electron chi connectivity index (χ0n) is 17.1. The first-order chi connectivity index (χ1) is 14.0. The highest BCUT2D eigenvalue weighted by atomic mass is 19.4. The molecule has 0 aliphatic heterocycles. The minimum atomic E-state index is -4.93. The lowest BCUT2D eigenvalue weighted by atomic mass is 10.1. The average molecular weight is 417 g/mol. The minimum Gasteiger partial charge on any atom is -0.350 e. The maximum atomic E-state index is 13.4. The Hall–Kier alpha value is -3.16. The standard InChI is InChI=1S/C22H22F3N3O2/c1-12-6-5-7-16(8-12)11-26-20(29)15(4)28-18-10-14(3)13(2)9-17(18)27-19(21(28)30)22(23,24)25/h5-10,15H,11H2,1-4H3,(H,26,29)/t15-/m0/s1. The van der Waals surface area contributed by atoms with Crippen LogP contribution in [0.15, 0.2) is 41.2 Å². The molecule has 158 valence electrons. The van der Waals surface area contributed by atoms with E-state index in [-0.39, 0.29) is 17.6 Å². The van der Waals surface area contributed by atoms with Crippen molar-refractivity contribution in [2.24, 2.45) is 0 Å². The summed E-state index contributed by atoms with van der Waals surface area (Å²) >= 11 is 0. The van der Waals surface area contributed by atoms with Gasteiger partial charge in [-0.2, -0.15) is 13.2 Å². The zero-order chi connectivity index (χ0) is 22.2. The highest BCUT2D eigenvalue weighted by molar-refractivity contribution is 5.84. The van der Waals surface area contributed by atoms with E-state index in [1.807, 2.05) is 31.2 Å². The molecule has 0 bridgehead atoms. The first-order valence-electron chi connectivity index (χ1n) is 9.43. The Kier molecular flexibility index (Phi) is 5.70. The van der Waals surface area contributed by atoms with Crippen molar-refractivity contribution in [1.82, 2.24) is 14.9 Å². The maximum Gasteiger partial charge on any atom is 0.438 e. The van der Waals surface area contributed by atoms with E-state index in [1.54, 1.807) is 19.9 Å². The molecule has 2 aromatic carbocycles. The summed E-state index contributed by atoms with van der Waals surface area (Å²) in [6, 6.07) is 9.42. The summed E-state index contributed by atoms with van der Waals surface area (Å²) in [6.07, 6.45) is -4.93. The number of aromatic nitrogens is 2. The number of fused-ring (bicyclic) bond motifs is 1. The van der Waals surface area contributed by atoms with Crippen molar-refractivity contribution in [2.75, 3.05) is 0 Å². The van der Waals surface area contributed by atoms with Crippen molar-refractivity contribution in [3.05, 3.63) is 74.7 Å². The number of halogens is 3. The van der Waals surface area contributed by atoms with Crippen LogP contribution >= 0.6 is 0 Å². The van der Waals surface area contributed by atoms with E-state index in [2.05, 4.69) is 10.3 Å². The molecule has 0 saturated heterocycles. The van der Waals surface area contributed by atoms with Crippen LogP contribution in [0.1, 0.15) is 40.9 Å². The van der Waals surface area contributed by atoms with E-state index >= 15 is 0 Å². The SMILES string of the molecule is Cc1cccc(CNC(=O)[C@H](C)n2c(=O)c(C(F)(F)F)nc3cc(C)c(C)cc32)c1. The monoisotopic (exact) mass is 417 g/mol. The summed E-state index contributed by atoms with van der Waals surface area (Å²) in [5, 5.41) is 2.70. The molecule has 3 rings (SSSR count). The second-order valence-corrected chi connectivity index (χ2v) is 7.44. The fraction of sp³-hybridized carbons (Fsp3) is 0.318. The third-order valence-electron chi connectivity index (χ3n) is 5.09. The Morgan fingerprint density at radius 1 is 1.13 bits per heavy atom. The van der Waals surface area contributed by atoms with Crippen LogP contribution in [-0.2, 0) is 17.5 Å². The molecule has 5 nitrogen and oxygen atoms in total. The maximum absolute atomic E-state index is 13.4. The molecule has 3 aromatic rings. The van der Waals surface area contributed by atoms with Gasteiger partial charge in [-0.05, 0) is 56.5 Å². The van der Waals surface area contributed by atoms with Crippen LogP contribution in [-0.4, -0.2) is 15.5 Å². The van der Waals surface area contributed by atoms with E-state index in [0.717, 1.165) is 26.8 Å². The number of hydrogen-bond donors (Lipinski definition) is 1. The largest absolute Gasteiger partial charge is 0.438 e. The van der Waals surface area contributed by atoms with E-state index < -0.39 is 29.4 Å². The van der Waals surface area contributed by atoms with Crippen LogP contribution in [0.25, 0.3) is 11.0 Å². The normalized spacial score (nSPS) is 12.8. The van der Waals surface area contributed by atoms with Crippen LogP contribution in [0.2, 0.25) is 0 Å². The first-order valence-corrected chi connectivity index (χ1v) is 9.43. The molecular formula is C22H22F3N3O2. The molecule has 1 heterocycles. The summed E-state index contributed by atoms with van der Waals surface area (Å²) < 4.78 is 41.2. The molecule has 0 spiro atoms. The molecule has 0 fully saturated rings. The van der Waals surface area contributed by atoms with Gasteiger partial charge < -0.3 is 5.32 Å². The van der Waals surface area contributed by atoms with Crippen LogP contribution in [0.4, 0.5) is 13.2 Å². The third kappa shape index (κ3) is 4.22. The molecule has 0 saturated carbocycles. The Morgan fingerprint density at radius 2 is 1.80 bits per heavy atom. The fourth-order valence-corrected chi connectivity index (χ4v) is 3.31. The topological polar surface area (TPSA) is 64.0 Å². The van der Waals surface area contributed by atoms with E-state index in [0.29, 0.717) is 0 Å². The number of nitrogens with zero attached hydrogens (tertiary/aromatic N) is 2. The highest BCUT2D eigenvalue weighted by Crippen LogP contribution is 2.28. The molecule has 0 aliphatic carbocycles. The number of rotatable bonds is 4. The Balaban J connectivity index is 2.06. The van der Waals surface area contributed by atoms with Gasteiger partial charge in [-0.1, -0.05) is 29.8 Å². The van der Waals surface area contributed by atoms with Gasteiger partial charge in [0.05, 0.1) is 11.0 Å². The molecule has 1 amide bonds. The first kappa shape index (κ1) is 21.5. The number of amides is 1. The molecule has 0 radical (unpaired) electrons. The van der Waals surface area contributed by atoms with Crippen molar-refractivity contribution in [3.63, 3.8) is 0 Å². The van der Waals surface area contributed by atoms with Crippen LogP contribution in [0.5, 0.6) is 0 Å². The molecule has 30 heavy (non-hydrogen) atoms. The summed E-state index contributed by atoms with van der Waals surface area (Å²) in [7, 11) is 0. The van der Waals surface area contributed by atoms with E-state index in [9.17, 15) is 22.8 Å². The number of aryl methyl sites for hydroxylation is 3. The number of hydrogen-bond acceptors (Lipinski definition) is 3. The van der Waals surface area contributed by atoms with Gasteiger partial charge in [0, 0.05) is 6.54 Å². The lowest BCUT2D eigenvalue weighted by Crippen LogP contribution is -2.39. The van der Waals surface area contributed by atoms with Gasteiger partial charge in [0.25, 0.3) is 5.56 Å². The molecule has 1 aromatic heterocycles. The van der Waals surface area contributed by atoms with Crippen molar-refractivity contribution >= 4 is 16.9 Å². The van der Waals surface area contributed by atoms with E-state index in [1.165, 1.54) is 13.0 Å². The quantitative estimate of drug-likeness (QED) is 0.692. The Morgan fingerprint density at radius 3 is 2.43 bits per heavy atom. The van der Waals surface area contributed by atoms with Crippen molar-refractivity contribution in [1.29, 1.82) is 0 Å². The molecule has 8 heteroatoms. The van der Waals surface area contributed by atoms with Crippen LogP contribution < -0.4 is 10.9 Å². The molecule has 0 unspecified atom stereocenters. The van der Waals surface area contributed by atoms with Gasteiger partial charge in [0.2, 0.25) is 11.6 Å². The van der Waals surface area contributed by atoms with Gasteiger partial charge in [-0.15, -0.1) is 0 Å². The van der Waals surface area contributed by atoms with Gasteiger partial charge in [-0.3, -0.25) is 14.2 Å². The van der Waals surface area contributed by atoms with Gasteiger partial charge in [-0.25, -0.2) is 4.98 Å². The number of benzene rings is 2. The number of carbonyl (C=O) groups is 1. The predicted octanol–water partition coefficient (Wildman–Crippen LogP) is 4.22. The number of carbonyl (C=O) groups excluding carboxylic acids is 1. The zero-order valence-corrected chi connectivity index (χ0v) is 17.1. The van der Waals surface area contributed by atoms with Crippen molar-refractivity contribution in [2.45, 2.75) is 46.5 Å². The summed E-state index contributed by atoms with van der Waals surface area (Å²) in [4.78, 5) is 29.0. The summed E-state index contributed by atoms with van der Waals surface area (Å²) in [5.41, 5.74) is 0.733. The number of alkyl halides is 3. The molecule has 1 N–H and O–H groups in total. The second kappa shape index (κ2) is 7.93. The Bertz CT molecular complexity index is 1180. The summed E-state index contributed by atoms with van der Waals surface area (Å²) in [5.74, 6) is -0.558. The minimum absolute atomic E-state index is 0.0170. The molecule has 0 aliphatic rings. The Labute approximate surface area is 171 Å². The van der Waals surface area contributed by atoms with Crippen molar-refractivity contribution < 1.29 is 18.0 Å². The van der Waals surface area contributed by atoms with Crippen LogP contribution in [0, 0.1) is 20.8 Å². The van der Waals surface area contributed by atoms with E-state index in [4.69, 9.17) is 0 Å². The molecule has 1 atom stereocenters. The van der Waals surface area contributed by atoms with Crippen LogP contribution in [0.3, 0.4) is 0 Å². The second-order valence-electron chi connectivity index (χ2n) is 7.44. The lowest BCUT2D eigenvalue weighted by Gasteiger charge is -2.20. The third-order valence-corrected chi connectivity index (χ3v) is 5.09. The number of nitrogens with one attached hydrogen (secondary N) is 1. The molecular weight excluding hydrogens is 395 g/mol. The van der Waals surface area contributed by atoms with Gasteiger partial charge >= 0.3 is 6.18 Å².